The van der Waals surface area contributed by atoms with Crippen molar-refractivity contribution < 1.29 is 13.2 Å². The molecule has 5 nitrogen and oxygen atoms in total. The van der Waals surface area contributed by atoms with Crippen LogP contribution in [0.15, 0.2) is 35.2 Å². The minimum Gasteiger partial charge on any atom is -0.380 e. The van der Waals surface area contributed by atoms with Gasteiger partial charge in [0, 0.05) is 37.0 Å². The maximum absolute atomic E-state index is 12.5. The Kier molecular flexibility index (Phi) is 4.41. The monoisotopic (exact) mass is 350 g/mol. The van der Waals surface area contributed by atoms with Crippen LogP contribution in [0, 0.1) is 11.3 Å². The molecule has 2 atom stereocenters. The van der Waals surface area contributed by atoms with Crippen LogP contribution in [0.5, 0.6) is 0 Å². The van der Waals surface area contributed by atoms with Crippen LogP contribution in [0.25, 0.3) is 0 Å². The van der Waals surface area contributed by atoms with E-state index in [0.717, 1.165) is 19.7 Å². The number of ether oxygens (including phenoxy) is 1. The van der Waals surface area contributed by atoms with Crippen LogP contribution in [-0.2, 0) is 14.8 Å². The molecule has 0 aromatic heterocycles. The van der Waals surface area contributed by atoms with Gasteiger partial charge in [0.1, 0.15) is 0 Å². The molecule has 2 heterocycles. The van der Waals surface area contributed by atoms with Crippen molar-refractivity contribution in [3.63, 3.8) is 0 Å². The van der Waals surface area contributed by atoms with Gasteiger partial charge in [-0.3, -0.25) is 4.90 Å². The van der Waals surface area contributed by atoms with Gasteiger partial charge in [-0.2, -0.15) is 0 Å². The highest BCUT2D eigenvalue weighted by Gasteiger charge is 2.52. The summed E-state index contributed by atoms with van der Waals surface area (Å²) in [6.45, 7) is 3.91. The van der Waals surface area contributed by atoms with Crippen LogP contribution in [-0.4, -0.2) is 52.2 Å². The van der Waals surface area contributed by atoms with Gasteiger partial charge in [0.15, 0.2) is 0 Å². The smallest absolute Gasteiger partial charge is 0.240 e. The van der Waals surface area contributed by atoms with E-state index in [4.69, 9.17) is 4.74 Å². The number of fused-ring (bicyclic) bond motifs is 1. The molecule has 1 aliphatic carbocycles. The lowest BCUT2D eigenvalue weighted by Crippen LogP contribution is -2.43. The number of sulfonamides is 1. The summed E-state index contributed by atoms with van der Waals surface area (Å²) in [5.41, 5.74) is -0.0650. The van der Waals surface area contributed by atoms with E-state index in [1.807, 2.05) is 6.07 Å². The molecule has 1 aromatic carbocycles. The second-order valence-corrected chi connectivity index (χ2v) is 9.35. The summed E-state index contributed by atoms with van der Waals surface area (Å²) in [6.07, 6.45) is 5.24. The minimum atomic E-state index is -3.45. The topological polar surface area (TPSA) is 58.6 Å². The quantitative estimate of drug-likeness (QED) is 0.881. The van der Waals surface area contributed by atoms with Gasteiger partial charge < -0.3 is 4.74 Å². The number of hydrogen-bond acceptors (Lipinski definition) is 4. The third-order valence-corrected chi connectivity index (χ3v) is 7.47. The average Bonchev–Trinajstić information content (AvgIpc) is 3.29. The fourth-order valence-electron chi connectivity index (χ4n) is 4.59. The number of nitrogens with zero attached hydrogens (tertiary/aromatic N) is 1. The molecular weight excluding hydrogens is 324 g/mol. The standard InChI is InChI=1S/C18H26N2O3S/c21-24(22,17-8-2-1-3-9-17)19-12-18-13-20(16-6-4-5-7-16)10-15(18)11-23-14-18/h1-3,8-9,15-16,19H,4-7,10-14H2/t15-,18+/m1/s1. The lowest BCUT2D eigenvalue weighted by molar-refractivity contribution is 0.116. The normalized spacial score (nSPS) is 31.6. The zero-order valence-corrected chi connectivity index (χ0v) is 14.8. The van der Waals surface area contributed by atoms with Gasteiger partial charge in [0.05, 0.1) is 18.1 Å². The van der Waals surface area contributed by atoms with Gasteiger partial charge in [-0.25, -0.2) is 13.1 Å². The fourth-order valence-corrected chi connectivity index (χ4v) is 5.75. The summed E-state index contributed by atoms with van der Waals surface area (Å²) in [4.78, 5) is 2.93. The van der Waals surface area contributed by atoms with Gasteiger partial charge in [-0.15, -0.1) is 0 Å². The molecule has 1 aromatic rings. The van der Waals surface area contributed by atoms with E-state index in [0.29, 0.717) is 30.0 Å². The van der Waals surface area contributed by atoms with Crippen LogP contribution in [0.3, 0.4) is 0 Å². The van der Waals surface area contributed by atoms with Gasteiger partial charge in [-0.1, -0.05) is 31.0 Å². The molecule has 2 aliphatic heterocycles. The van der Waals surface area contributed by atoms with E-state index >= 15 is 0 Å². The molecule has 0 radical (unpaired) electrons. The Morgan fingerprint density at radius 1 is 1.21 bits per heavy atom. The van der Waals surface area contributed by atoms with Crippen molar-refractivity contribution in [2.24, 2.45) is 11.3 Å². The van der Waals surface area contributed by atoms with Crippen LogP contribution in [0.4, 0.5) is 0 Å². The first-order chi connectivity index (χ1) is 11.6. The van der Waals surface area contributed by atoms with Gasteiger partial charge in [0.2, 0.25) is 10.0 Å². The molecule has 0 bridgehead atoms. The summed E-state index contributed by atoms with van der Waals surface area (Å²) >= 11 is 0. The second kappa shape index (κ2) is 6.41. The van der Waals surface area contributed by atoms with Crippen molar-refractivity contribution in [1.29, 1.82) is 0 Å². The average molecular weight is 350 g/mol. The largest absolute Gasteiger partial charge is 0.380 e. The molecule has 1 saturated carbocycles. The van der Waals surface area contributed by atoms with Crippen molar-refractivity contribution in [3.05, 3.63) is 30.3 Å². The Hall–Kier alpha value is -0.950. The maximum atomic E-state index is 12.5. The van der Waals surface area contributed by atoms with Gasteiger partial charge >= 0.3 is 0 Å². The highest BCUT2D eigenvalue weighted by atomic mass is 32.2. The number of benzene rings is 1. The molecule has 24 heavy (non-hydrogen) atoms. The molecule has 0 amide bonds. The molecule has 4 rings (SSSR count). The van der Waals surface area contributed by atoms with Crippen molar-refractivity contribution in [1.82, 2.24) is 9.62 Å². The molecule has 132 valence electrons. The predicted molar refractivity (Wildman–Crippen MR) is 92.2 cm³/mol. The molecule has 1 N–H and O–H groups in total. The Balaban J connectivity index is 1.46. The Bertz CT molecular complexity index is 673. The van der Waals surface area contributed by atoms with E-state index < -0.39 is 10.0 Å². The number of likely N-dealkylation sites (tertiary alicyclic amines) is 1. The van der Waals surface area contributed by atoms with E-state index in [-0.39, 0.29) is 5.41 Å². The maximum Gasteiger partial charge on any atom is 0.240 e. The molecule has 3 fully saturated rings. The fraction of sp³-hybridized carbons (Fsp3) is 0.667. The summed E-state index contributed by atoms with van der Waals surface area (Å²) in [5.74, 6) is 0.441. The molecule has 0 unspecified atom stereocenters. The van der Waals surface area contributed by atoms with Crippen molar-refractivity contribution in [2.75, 3.05) is 32.8 Å². The Morgan fingerprint density at radius 3 is 2.71 bits per heavy atom. The van der Waals surface area contributed by atoms with Crippen LogP contribution in [0.1, 0.15) is 25.7 Å². The molecular formula is C18H26N2O3S. The first kappa shape index (κ1) is 16.5. The summed E-state index contributed by atoms with van der Waals surface area (Å²) in [5, 5.41) is 0. The van der Waals surface area contributed by atoms with Crippen molar-refractivity contribution >= 4 is 10.0 Å². The molecule has 6 heteroatoms. The van der Waals surface area contributed by atoms with E-state index in [1.165, 1.54) is 25.7 Å². The lowest BCUT2D eigenvalue weighted by Gasteiger charge is -2.29. The highest BCUT2D eigenvalue weighted by molar-refractivity contribution is 7.89. The number of rotatable bonds is 5. The zero-order chi connectivity index (χ0) is 16.6. The summed E-state index contributed by atoms with van der Waals surface area (Å²) in [6, 6.07) is 9.31. The van der Waals surface area contributed by atoms with E-state index in [1.54, 1.807) is 24.3 Å². The molecule has 2 saturated heterocycles. The van der Waals surface area contributed by atoms with Crippen LogP contribution < -0.4 is 4.72 Å². The van der Waals surface area contributed by atoms with E-state index in [2.05, 4.69) is 9.62 Å². The first-order valence-corrected chi connectivity index (χ1v) is 10.4. The predicted octanol–water partition coefficient (Wildman–Crippen LogP) is 1.86. The van der Waals surface area contributed by atoms with E-state index in [9.17, 15) is 8.42 Å². The highest BCUT2D eigenvalue weighted by Crippen LogP contribution is 2.43. The van der Waals surface area contributed by atoms with Crippen molar-refractivity contribution in [3.8, 4) is 0 Å². The SMILES string of the molecule is O=S(=O)(NC[C@]12COC[C@H]1CN(C1CCCC1)C2)c1ccccc1. The third kappa shape index (κ3) is 3.01. The minimum absolute atomic E-state index is 0.0650. The number of hydrogen-bond donors (Lipinski definition) is 1. The molecule has 0 spiro atoms. The first-order valence-electron chi connectivity index (χ1n) is 8.96. The number of nitrogens with one attached hydrogen (secondary N) is 1. The summed E-state index contributed by atoms with van der Waals surface area (Å²) < 4.78 is 33.7. The Morgan fingerprint density at radius 2 is 1.96 bits per heavy atom. The zero-order valence-electron chi connectivity index (χ0n) is 14.0. The Labute approximate surface area is 144 Å². The van der Waals surface area contributed by atoms with Crippen LogP contribution in [0.2, 0.25) is 0 Å². The van der Waals surface area contributed by atoms with Crippen molar-refractivity contribution in [2.45, 2.75) is 36.6 Å². The van der Waals surface area contributed by atoms with Crippen LogP contribution >= 0.6 is 0 Å². The lowest BCUT2D eigenvalue weighted by atomic mass is 9.81. The third-order valence-electron chi connectivity index (χ3n) is 6.06. The van der Waals surface area contributed by atoms with Gasteiger partial charge in [0.25, 0.3) is 0 Å². The van der Waals surface area contributed by atoms with Gasteiger partial charge in [-0.05, 0) is 25.0 Å². The second-order valence-electron chi connectivity index (χ2n) is 7.58. The molecule has 3 aliphatic rings. The summed E-state index contributed by atoms with van der Waals surface area (Å²) in [7, 11) is -3.45.